The van der Waals surface area contributed by atoms with Crippen LogP contribution in [0, 0.1) is 0 Å². The third-order valence-corrected chi connectivity index (χ3v) is 4.18. The molecule has 1 aliphatic carbocycles. The fourth-order valence-corrected chi connectivity index (χ4v) is 3.17. The molecule has 3 rings (SSSR count). The van der Waals surface area contributed by atoms with Crippen LogP contribution in [-0.4, -0.2) is 24.6 Å². The summed E-state index contributed by atoms with van der Waals surface area (Å²) in [7, 11) is 0. The van der Waals surface area contributed by atoms with Gasteiger partial charge in [-0.15, -0.1) is 0 Å². The highest BCUT2D eigenvalue weighted by atomic mass is 16.5. The van der Waals surface area contributed by atoms with Gasteiger partial charge in [0.1, 0.15) is 11.9 Å². The number of hydrogen-bond acceptors (Lipinski definition) is 3. The Bertz CT molecular complexity index is 501. The summed E-state index contributed by atoms with van der Waals surface area (Å²) in [5.74, 6) is 1.03. The number of ether oxygens (including phenoxy) is 1. The van der Waals surface area contributed by atoms with Crippen molar-refractivity contribution in [3.63, 3.8) is 0 Å². The van der Waals surface area contributed by atoms with E-state index in [1.54, 1.807) is 0 Å². The second kappa shape index (κ2) is 5.83. The zero-order valence-corrected chi connectivity index (χ0v) is 11.9. The van der Waals surface area contributed by atoms with Crippen LogP contribution in [0.1, 0.15) is 38.2 Å². The Morgan fingerprint density at radius 1 is 1.35 bits per heavy atom. The first kappa shape index (κ1) is 13.4. The number of rotatable bonds is 4. The van der Waals surface area contributed by atoms with E-state index in [4.69, 9.17) is 4.74 Å². The molecule has 1 saturated carbocycles. The molecule has 0 aromatic heterocycles. The molecule has 4 nitrogen and oxygen atoms in total. The minimum atomic E-state index is 0.106. The van der Waals surface area contributed by atoms with Crippen molar-refractivity contribution in [1.82, 2.24) is 5.32 Å². The first-order valence-electron chi connectivity index (χ1n) is 7.59. The Hall–Kier alpha value is -1.55. The number of aryl methyl sites for hydroxylation is 1. The summed E-state index contributed by atoms with van der Waals surface area (Å²) >= 11 is 0. The Balaban J connectivity index is 1.70. The van der Waals surface area contributed by atoms with Crippen LogP contribution in [0.2, 0.25) is 0 Å². The first-order valence-corrected chi connectivity index (χ1v) is 7.59. The van der Waals surface area contributed by atoms with E-state index in [-0.39, 0.29) is 12.0 Å². The van der Waals surface area contributed by atoms with Crippen LogP contribution in [-0.2, 0) is 11.2 Å². The van der Waals surface area contributed by atoms with Crippen LogP contribution >= 0.6 is 0 Å². The maximum Gasteiger partial charge on any atom is 0.224 e. The van der Waals surface area contributed by atoms with Gasteiger partial charge < -0.3 is 15.4 Å². The molecule has 2 aliphatic rings. The second-order valence-electron chi connectivity index (χ2n) is 5.62. The van der Waals surface area contributed by atoms with Gasteiger partial charge in [0.2, 0.25) is 5.91 Å². The van der Waals surface area contributed by atoms with E-state index >= 15 is 0 Å². The highest BCUT2D eigenvalue weighted by molar-refractivity contribution is 5.93. The predicted octanol–water partition coefficient (Wildman–Crippen LogP) is 2.48. The van der Waals surface area contributed by atoms with Crippen molar-refractivity contribution in [1.29, 1.82) is 0 Å². The van der Waals surface area contributed by atoms with Crippen molar-refractivity contribution in [2.45, 2.75) is 51.2 Å². The summed E-state index contributed by atoms with van der Waals surface area (Å²) in [6.07, 6.45) is 5.18. The summed E-state index contributed by atoms with van der Waals surface area (Å²) < 4.78 is 6.16. The lowest BCUT2D eigenvalue weighted by Gasteiger charge is -2.23. The van der Waals surface area contributed by atoms with Crippen LogP contribution in [0.25, 0.3) is 0 Å². The highest BCUT2D eigenvalue weighted by Gasteiger charge is 2.28. The molecule has 20 heavy (non-hydrogen) atoms. The number of fused-ring (bicyclic) bond motifs is 1. The zero-order chi connectivity index (χ0) is 13.9. The number of carbonyl (C=O) groups is 1. The van der Waals surface area contributed by atoms with Gasteiger partial charge in [-0.2, -0.15) is 0 Å². The molecule has 2 N–H and O–H groups in total. The quantitative estimate of drug-likeness (QED) is 0.887. The van der Waals surface area contributed by atoms with Gasteiger partial charge in [0.25, 0.3) is 0 Å². The van der Waals surface area contributed by atoms with Gasteiger partial charge >= 0.3 is 0 Å². The Labute approximate surface area is 119 Å². The molecule has 0 bridgehead atoms. The normalized spacial score (nSPS) is 25.1. The zero-order valence-electron chi connectivity index (χ0n) is 11.9. The predicted molar refractivity (Wildman–Crippen MR) is 79.1 cm³/mol. The van der Waals surface area contributed by atoms with E-state index < -0.39 is 0 Å². The third-order valence-electron chi connectivity index (χ3n) is 4.18. The van der Waals surface area contributed by atoms with Gasteiger partial charge in [-0.1, -0.05) is 6.92 Å². The fourth-order valence-electron chi connectivity index (χ4n) is 3.17. The minimum absolute atomic E-state index is 0.106. The number of hydrogen-bond donors (Lipinski definition) is 2. The van der Waals surface area contributed by atoms with Crippen LogP contribution in [0.5, 0.6) is 5.75 Å². The molecule has 1 aromatic rings. The van der Waals surface area contributed by atoms with E-state index in [1.165, 1.54) is 18.4 Å². The molecule has 2 unspecified atom stereocenters. The molecular formula is C16H22N2O2. The Kier molecular flexibility index (Phi) is 3.92. The van der Waals surface area contributed by atoms with Crippen LogP contribution < -0.4 is 15.4 Å². The van der Waals surface area contributed by atoms with Gasteiger partial charge in [-0.05, 0) is 56.0 Å². The summed E-state index contributed by atoms with van der Waals surface area (Å²) in [4.78, 5) is 11.4. The summed E-state index contributed by atoms with van der Waals surface area (Å²) in [6, 6.07) is 6.47. The Morgan fingerprint density at radius 2 is 2.25 bits per heavy atom. The third kappa shape index (κ3) is 2.80. The van der Waals surface area contributed by atoms with Crippen molar-refractivity contribution in [2.75, 3.05) is 11.9 Å². The number of nitrogens with one attached hydrogen (secondary N) is 2. The van der Waals surface area contributed by atoms with E-state index in [1.807, 2.05) is 12.1 Å². The van der Waals surface area contributed by atoms with Gasteiger partial charge in [-0.25, -0.2) is 0 Å². The molecule has 4 heteroatoms. The van der Waals surface area contributed by atoms with Gasteiger partial charge in [0, 0.05) is 18.2 Å². The summed E-state index contributed by atoms with van der Waals surface area (Å²) in [6.45, 7) is 3.12. The van der Waals surface area contributed by atoms with E-state index in [9.17, 15) is 4.79 Å². The van der Waals surface area contributed by atoms with Crippen molar-refractivity contribution in [3.8, 4) is 5.75 Å². The van der Waals surface area contributed by atoms with Crippen molar-refractivity contribution in [2.24, 2.45) is 0 Å². The summed E-state index contributed by atoms with van der Waals surface area (Å²) in [5, 5.41) is 6.40. The molecular weight excluding hydrogens is 252 g/mol. The first-order chi connectivity index (χ1) is 9.76. The monoisotopic (exact) mass is 274 g/mol. The topological polar surface area (TPSA) is 50.4 Å². The lowest BCUT2D eigenvalue weighted by Crippen LogP contribution is -2.38. The van der Waals surface area contributed by atoms with Gasteiger partial charge in [0.05, 0.1) is 0 Å². The fraction of sp³-hybridized carbons (Fsp3) is 0.562. The molecule has 0 radical (unpaired) electrons. The lowest BCUT2D eigenvalue weighted by molar-refractivity contribution is -0.116. The maximum atomic E-state index is 11.4. The smallest absolute Gasteiger partial charge is 0.224 e. The van der Waals surface area contributed by atoms with E-state index in [2.05, 4.69) is 23.6 Å². The number of carbonyl (C=O) groups excluding carboxylic acids is 1. The largest absolute Gasteiger partial charge is 0.489 e. The minimum Gasteiger partial charge on any atom is -0.489 e. The molecule has 0 spiro atoms. The maximum absolute atomic E-state index is 11.4. The molecule has 2 atom stereocenters. The average molecular weight is 274 g/mol. The molecule has 108 valence electrons. The number of amides is 1. The molecule has 0 saturated heterocycles. The SMILES string of the molecule is CCNC1CCCC1Oc1ccc2c(c1)CCC(=O)N2. The second-order valence-corrected chi connectivity index (χ2v) is 5.62. The molecule has 1 heterocycles. The number of anilines is 1. The van der Waals surface area contributed by atoms with Crippen LogP contribution in [0.3, 0.4) is 0 Å². The molecule has 1 amide bonds. The lowest BCUT2D eigenvalue weighted by atomic mass is 10.0. The molecule has 1 aliphatic heterocycles. The van der Waals surface area contributed by atoms with Crippen molar-refractivity contribution < 1.29 is 9.53 Å². The van der Waals surface area contributed by atoms with Crippen molar-refractivity contribution >= 4 is 11.6 Å². The van der Waals surface area contributed by atoms with Crippen molar-refractivity contribution in [3.05, 3.63) is 23.8 Å². The van der Waals surface area contributed by atoms with Crippen LogP contribution in [0.4, 0.5) is 5.69 Å². The summed E-state index contributed by atoms with van der Waals surface area (Å²) in [5.41, 5.74) is 2.11. The Morgan fingerprint density at radius 3 is 3.10 bits per heavy atom. The molecule has 1 aromatic carbocycles. The number of benzene rings is 1. The number of likely N-dealkylation sites (N-methyl/N-ethyl adjacent to an activating group) is 1. The highest BCUT2D eigenvalue weighted by Crippen LogP contribution is 2.30. The standard InChI is InChI=1S/C16H22N2O2/c1-2-17-14-4-3-5-15(14)20-12-7-8-13-11(10-12)6-9-16(19)18-13/h7-8,10,14-15,17H,2-6,9H2,1H3,(H,18,19). The van der Waals surface area contributed by atoms with E-state index in [0.29, 0.717) is 12.5 Å². The van der Waals surface area contributed by atoms with Crippen LogP contribution in [0.15, 0.2) is 18.2 Å². The molecule has 1 fully saturated rings. The van der Waals surface area contributed by atoms with E-state index in [0.717, 1.165) is 30.8 Å². The van der Waals surface area contributed by atoms with Gasteiger partial charge in [-0.3, -0.25) is 4.79 Å². The van der Waals surface area contributed by atoms with Gasteiger partial charge in [0.15, 0.2) is 0 Å². The average Bonchev–Trinajstić information content (AvgIpc) is 2.87.